The molecular formula is C12H18BrN3O2S. The van der Waals surface area contributed by atoms with Gasteiger partial charge in [-0.2, -0.15) is 0 Å². The van der Waals surface area contributed by atoms with Gasteiger partial charge in [0, 0.05) is 25.3 Å². The molecule has 1 aliphatic rings. The van der Waals surface area contributed by atoms with Gasteiger partial charge in [0.2, 0.25) is 10.0 Å². The van der Waals surface area contributed by atoms with Crippen LogP contribution in [-0.4, -0.2) is 43.1 Å². The molecule has 0 aliphatic carbocycles. The van der Waals surface area contributed by atoms with Gasteiger partial charge in [0.1, 0.15) is 5.82 Å². The Morgan fingerprint density at radius 2 is 2.05 bits per heavy atom. The molecule has 1 saturated heterocycles. The highest BCUT2D eigenvalue weighted by Crippen LogP contribution is 2.24. The van der Waals surface area contributed by atoms with Crippen LogP contribution in [0.1, 0.15) is 18.4 Å². The summed E-state index contributed by atoms with van der Waals surface area (Å²) >= 11 is 3.49. The molecule has 0 bridgehead atoms. The highest BCUT2D eigenvalue weighted by atomic mass is 79.9. The van der Waals surface area contributed by atoms with E-state index in [9.17, 15) is 8.42 Å². The van der Waals surface area contributed by atoms with Gasteiger partial charge < -0.3 is 5.32 Å². The first kappa shape index (κ1) is 14.7. The van der Waals surface area contributed by atoms with Crippen LogP contribution in [0.4, 0.5) is 5.82 Å². The van der Waals surface area contributed by atoms with Gasteiger partial charge in [-0.15, -0.1) is 0 Å². The number of hydrogen-bond acceptors (Lipinski definition) is 4. The van der Waals surface area contributed by atoms with Gasteiger partial charge in [-0.3, -0.25) is 0 Å². The van der Waals surface area contributed by atoms with Crippen LogP contribution in [0, 0.1) is 6.92 Å². The van der Waals surface area contributed by atoms with Crippen LogP contribution in [0.2, 0.25) is 0 Å². The minimum absolute atomic E-state index is 0.268. The molecule has 2 heterocycles. The van der Waals surface area contributed by atoms with Crippen molar-refractivity contribution in [3.63, 3.8) is 0 Å². The second kappa shape index (κ2) is 5.76. The second-order valence-corrected chi connectivity index (χ2v) is 7.76. The standard InChI is InChI=1S/C12H18BrN3O2S/c1-9-7-11(13)12(14-8-9)15-10-3-5-16(6-4-10)19(2,17)18/h7-8,10H,3-6H2,1-2H3,(H,14,15). The fraction of sp³-hybridized carbons (Fsp3) is 0.583. The Bertz CT molecular complexity index is 554. The molecule has 106 valence electrons. The lowest BCUT2D eigenvalue weighted by Crippen LogP contribution is -2.41. The van der Waals surface area contributed by atoms with Gasteiger partial charge in [0.05, 0.1) is 10.7 Å². The Morgan fingerprint density at radius 1 is 1.42 bits per heavy atom. The summed E-state index contributed by atoms with van der Waals surface area (Å²) in [5.41, 5.74) is 1.10. The predicted molar refractivity (Wildman–Crippen MR) is 79.7 cm³/mol. The van der Waals surface area contributed by atoms with Crippen molar-refractivity contribution in [3.8, 4) is 0 Å². The van der Waals surface area contributed by atoms with E-state index in [4.69, 9.17) is 0 Å². The SMILES string of the molecule is Cc1cnc(NC2CCN(S(C)(=O)=O)CC2)c(Br)c1. The van der Waals surface area contributed by atoms with Gasteiger partial charge in [-0.25, -0.2) is 17.7 Å². The molecule has 0 spiro atoms. The molecule has 0 unspecified atom stereocenters. The molecule has 1 aromatic rings. The van der Waals surface area contributed by atoms with Gasteiger partial charge in [0.25, 0.3) is 0 Å². The van der Waals surface area contributed by atoms with Gasteiger partial charge in [-0.1, -0.05) is 0 Å². The van der Waals surface area contributed by atoms with Crippen molar-refractivity contribution in [3.05, 3.63) is 22.3 Å². The maximum Gasteiger partial charge on any atom is 0.211 e. The molecule has 19 heavy (non-hydrogen) atoms. The van der Waals surface area contributed by atoms with Crippen LogP contribution in [0.5, 0.6) is 0 Å². The summed E-state index contributed by atoms with van der Waals surface area (Å²) in [4.78, 5) is 4.35. The summed E-state index contributed by atoms with van der Waals surface area (Å²) in [7, 11) is -3.06. The predicted octanol–water partition coefficient (Wildman–Crippen LogP) is 1.99. The molecule has 0 amide bonds. The Morgan fingerprint density at radius 3 is 2.58 bits per heavy atom. The number of sulfonamides is 1. The van der Waals surface area contributed by atoms with E-state index in [-0.39, 0.29) is 6.04 Å². The summed E-state index contributed by atoms with van der Waals surface area (Å²) in [6.45, 7) is 3.13. The number of aryl methyl sites for hydroxylation is 1. The number of nitrogens with one attached hydrogen (secondary N) is 1. The maximum atomic E-state index is 11.4. The van der Waals surface area contributed by atoms with Crippen LogP contribution in [0.3, 0.4) is 0 Å². The largest absolute Gasteiger partial charge is 0.366 e. The number of pyridine rings is 1. The smallest absolute Gasteiger partial charge is 0.211 e. The van der Waals surface area contributed by atoms with Crippen LogP contribution in [0.25, 0.3) is 0 Å². The fourth-order valence-corrected chi connectivity index (χ4v) is 3.62. The molecule has 0 radical (unpaired) electrons. The lowest BCUT2D eigenvalue weighted by molar-refractivity contribution is 0.331. The van der Waals surface area contributed by atoms with E-state index < -0.39 is 10.0 Å². The van der Waals surface area contributed by atoms with Crippen LogP contribution >= 0.6 is 15.9 Å². The highest BCUT2D eigenvalue weighted by molar-refractivity contribution is 9.10. The number of anilines is 1. The number of rotatable bonds is 3. The summed E-state index contributed by atoms with van der Waals surface area (Å²) in [6, 6.07) is 2.28. The van der Waals surface area contributed by atoms with Crippen molar-refractivity contribution >= 4 is 31.8 Å². The molecule has 1 N–H and O–H groups in total. The van der Waals surface area contributed by atoms with Crippen molar-refractivity contribution in [1.82, 2.24) is 9.29 Å². The van der Waals surface area contributed by atoms with E-state index in [0.717, 1.165) is 28.7 Å². The second-order valence-electron chi connectivity index (χ2n) is 4.92. The third kappa shape index (κ3) is 3.90. The van der Waals surface area contributed by atoms with Crippen molar-refractivity contribution in [2.45, 2.75) is 25.8 Å². The van der Waals surface area contributed by atoms with E-state index in [1.807, 2.05) is 19.2 Å². The average Bonchev–Trinajstić information content (AvgIpc) is 2.32. The zero-order valence-corrected chi connectivity index (χ0v) is 13.5. The van der Waals surface area contributed by atoms with Crippen molar-refractivity contribution < 1.29 is 8.42 Å². The fourth-order valence-electron chi connectivity index (χ4n) is 2.16. The Balaban J connectivity index is 1.96. The Hall–Kier alpha value is -0.660. The number of aromatic nitrogens is 1. The third-order valence-electron chi connectivity index (χ3n) is 3.24. The normalized spacial score (nSPS) is 18.5. The van der Waals surface area contributed by atoms with Crippen molar-refractivity contribution in [2.75, 3.05) is 24.7 Å². The molecule has 1 aromatic heterocycles. The van der Waals surface area contributed by atoms with Crippen molar-refractivity contribution in [2.24, 2.45) is 0 Å². The minimum atomic E-state index is -3.06. The van der Waals surface area contributed by atoms with E-state index in [0.29, 0.717) is 13.1 Å². The van der Waals surface area contributed by atoms with Gasteiger partial charge in [-0.05, 0) is 47.3 Å². The summed E-state index contributed by atoms with van der Waals surface area (Å²) < 4.78 is 25.3. The first-order chi connectivity index (χ1) is 8.86. The Kier molecular flexibility index (Phi) is 4.47. The van der Waals surface area contributed by atoms with Crippen LogP contribution in [0.15, 0.2) is 16.7 Å². The third-order valence-corrected chi connectivity index (χ3v) is 5.15. The summed E-state index contributed by atoms with van der Waals surface area (Å²) in [6.07, 6.45) is 4.68. The topological polar surface area (TPSA) is 62.3 Å². The van der Waals surface area contributed by atoms with E-state index in [2.05, 4.69) is 26.2 Å². The molecule has 0 saturated carbocycles. The van der Waals surface area contributed by atoms with Gasteiger partial charge in [0.15, 0.2) is 0 Å². The summed E-state index contributed by atoms with van der Waals surface area (Å²) in [5, 5.41) is 3.37. The zero-order valence-electron chi connectivity index (χ0n) is 11.1. The average molecular weight is 348 g/mol. The van der Waals surface area contributed by atoms with Crippen LogP contribution in [-0.2, 0) is 10.0 Å². The Labute approximate surface area is 122 Å². The number of nitrogens with zero attached hydrogens (tertiary/aromatic N) is 2. The molecule has 2 rings (SSSR count). The molecule has 5 nitrogen and oxygen atoms in total. The van der Waals surface area contributed by atoms with E-state index >= 15 is 0 Å². The number of halogens is 1. The van der Waals surface area contributed by atoms with Crippen LogP contribution < -0.4 is 5.32 Å². The minimum Gasteiger partial charge on any atom is -0.366 e. The highest BCUT2D eigenvalue weighted by Gasteiger charge is 2.25. The van der Waals surface area contributed by atoms with Crippen molar-refractivity contribution in [1.29, 1.82) is 0 Å². The van der Waals surface area contributed by atoms with E-state index in [1.165, 1.54) is 10.6 Å². The maximum absolute atomic E-state index is 11.4. The summed E-state index contributed by atoms with van der Waals surface area (Å²) in [5.74, 6) is 0.823. The van der Waals surface area contributed by atoms with E-state index in [1.54, 1.807) is 0 Å². The molecule has 0 aromatic carbocycles. The first-order valence-corrected chi connectivity index (χ1v) is 8.84. The number of hydrogen-bond donors (Lipinski definition) is 1. The molecule has 1 aliphatic heterocycles. The molecule has 0 atom stereocenters. The van der Waals surface area contributed by atoms with Gasteiger partial charge >= 0.3 is 0 Å². The number of piperidine rings is 1. The quantitative estimate of drug-likeness (QED) is 0.908. The lowest BCUT2D eigenvalue weighted by Gasteiger charge is -2.31. The molecular weight excluding hydrogens is 330 g/mol. The molecule has 7 heteroatoms. The first-order valence-electron chi connectivity index (χ1n) is 6.20. The zero-order chi connectivity index (χ0) is 14.0. The molecule has 1 fully saturated rings. The lowest BCUT2D eigenvalue weighted by atomic mass is 10.1. The monoisotopic (exact) mass is 347 g/mol.